The molecule has 2 heterocycles. The van der Waals surface area contributed by atoms with Gasteiger partial charge < -0.3 is 9.84 Å². The van der Waals surface area contributed by atoms with E-state index in [0.717, 1.165) is 22.6 Å². The van der Waals surface area contributed by atoms with Gasteiger partial charge in [0.15, 0.2) is 4.96 Å². The van der Waals surface area contributed by atoms with Gasteiger partial charge in [-0.3, -0.25) is 9.20 Å². The molecule has 0 fully saturated rings. The highest BCUT2D eigenvalue weighted by Gasteiger charge is 2.15. The lowest BCUT2D eigenvalue weighted by molar-refractivity contribution is 0.0701. The second-order valence-electron chi connectivity index (χ2n) is 5.29. The number of carboxylic acids is 1. The fourth-order valence-electron chi connectivity index (χ4n) is 2.45. The molecule has 0 unspecified atom stereocenters. The summed E-state index contributed by atoms with van der Waals surface area (Å²) in [5.41, 5.74) is 1.83. The maximum Gasteiger partial charge on any atom is 0.347 e. The molecule has 128 valence electrons. The molecule has 0 saturated carbocycles. The van der Waals surface area contributed by atoms with Crippen LogP contribution in [0.25, 0.3) is 17.1 Å². The Morgan fingerprint density at radius 2 is 2.04 bits per heavy atom. The molecular formula is C18H16N2O4S. The predicted molar refractivity (Wildman–Crippen MR) is 97.6 cm³/mol. The molecule has 0 amide bonds. The summed E-state index contributed by atoms with van der Waals surface area (Å²) in [4.78, 5) is 28.6. The monoisotopic (exact) mass is 356 g/mol. The third kappa shape index (κ3) is 3.32. The molecule has 0 atom stereocenters. The van der Waals surface area contributed by atoms with E-state index >= 15 is 0 Å². The van der Waals surface area contributed by atoms with Gasteiger partial charge in [-0.25, -0.2) is 9.78 Å². The highest BCUT2D eigenvalue weighted by Crippen LogP contribution is 2.18. The van der Waals surface area contributed by atoms with Crippen LogP contribution < -0.4 is 10.3 Å². The summed E-state index contributed by atoms with van der Waals surface area (Å²) < 4.78 is 6.43. The van der Waals surface area contributed by atoms with Crippen molar-refractivity contribution in [1.29, 1.82) is 0 Å². The smallest absolute Gasteiger partial charge is 0.347 e. The van der Waals surface area contributed by atoms with Gasteiger partial charge in [-0.1, -0.05) is 36.5 Å². The third-order valence-electron chi connectivity index (χ3n) is 3.77. The van der Waals surface area contributed by atoms with E-state index in [-0.39, 0.29) is 10.4 Å². The lowest BCUT2D eigenvalue weighted by atomic mass is 10.1. The Labute approximate surface area is 147 Å². The Kier molecular flexibility index (Phi) is 4.67. The summed E-state index contributed by atoms with van der Waals surface area (Å²) in [6, 6.07) is 7.51. The number of ether oxygens (including phenoxy) is 1. The molecule has 3 aromatic rings. The number of nitrogens with zero attached hydrogens (tertiary/aromatic N) is 2. The van der Waals surface area contributed by atoms with E-state index in [0.29, 0.717) is 22.6 Å². The summed E-state index contributed by atoms with van der Waals surface area (Å²) in [6.45, 7) is 1.88. The number of carbonyl (C=O) groups is 1. The number of fused-ring (bicyclic) bond motifs is 1. The van der Waals surface area contributed by atoms with E-state index in [9.17, 15) is 9.59 Å². The van der Waals surface area contributed by atoms with Crippen LogP contribution in [0.4, 0.5) is 0 Å². The molecule has 0 aliphatic heterocycles. The number of aromatic carboxylic acids is 1. The second kappa shape index (κ2) is 6.90. The number of hydrogen-bond acceptors (Lipinski definition) is 5. The van der Waals surface area contributed by atoms with Gasteiger partial charge in [0, 0.05) is 11.8 Å². The van der Waals surface area contributed by atoms with Crippen molar-refractivity contribution in [3.05, 3.63) is 62.5 Å². The van der Waals surface area contributed by atoms with Crippen molar-refractivity contribution < 1.29 is 14.6 Å². The summed E-state index contributed by atoms with van der Waals surface area (Å²) in [7, 11) is 1.61. The van der Waals surface area contributed by atoms with Crippen LogP contribution in [-0.2, 0) is 6.42 Å². The van der Waals surface area contributed by atoms with Crippen molar-refractivity contribution in [3.63, 3.8) is 0 Å². The number of carboxylic acid groups (broad SMARTS) is 1. The molecule has 0 aliphatic carbocycles. The third-order valence-corrected chi connectivity index (χ3v) is 4.74. The summed E-state index contributed by atoms with van der Waals surface area (Å²) in [5.74, 6) is -0.299. The van der Waals surface area contributed by atoms with Gasteiger partial charge in [0.25, 0.3) is 5.56 Å². The fourth-order valence-corrected chi connectivity index (χ4v) is 3.27. The maximum absolute atomic E-state index is 12.6. The van der Waals surface area contributed by atoms with Gasteiger partial charge in [0.05, 0.1) is 12.8 Å². The van der Waals surface area contributed by atoms with E-state index in [1.807, 2.05) is 37.3 Å². The van der Waals surface area contributed by atoms with Crippen LogP contribution >= 0.6 is 11.3 Å². The molecule has 0 bridgehead atoms. The first-order chi connectivity index (χ1) is 12.0. The molecule has 0 aliphatic rings. The minimum Gasteiger partial charge on any atom is -0.497 e. The molecule has 1 aromatic carbocycles. The minimum atomic E-state index is -1.07. The van der Waals surface area contributed by atoms with E-state index in [1.54, 1.807) is 13.2 Å². The summed E-state index contributed by atoms with van der Waals surface area (Å²) >= 11 is 0.981. The molecule has 0 spiro atoms. The largest absolute Gasteiger partial charge is 0.497 e. The number of hydrogen-bond donors (Lipinski definition) is 1. The molecule has 3 rings (SSSR count). The first-order valence-corrected chi connectivity index (χ1v) is 8.45. The number of methoxy groups -OCH3 is 1. The van der Waals surface area contributed by atoms with Gasteiger partial charge in [0.1, 0.15) is 10.6 Å². The molecule has 0 radical (unpaired) electrons. The zero-order chi connectivity index (χ0) is 18.0. The normalized spacial score (nSPS) is 11.3. The predicted octanol–water partition coefficient (Wildman–Crippen LogP) is 3.20. The Morgan fingerprint density at radius 3 is 2.64 bits per heavy atom. The molecule has 0 saturated heterocycles. The highest BCUT2D eigenvalue weighted by atomic mass is 32.1. The standard InChI is InChI=1S/C18H16N2O4S/c1-3-13-14(9-6-11-4-7-12(24-2)8-5-11)19-18-20(16(13)21)10-15(25-18)17(22)23/h4-10H,3H2,1-2H3,(H,22,23)/b9-6+. The van der Waals surface area contributed by atoms with Crippen molar-refractivity contribution in [3.8, 4) is 5.75 Å². The van der Waals surface area contributed by atoms with Crippen molar-refractivity contribution in [2.24, 2.45) is 0 Å². The Balaban J connectivity index is 2.06. The lowest BCUT2D eigenvalue weighted by Gasteiger charge is -2.03. The number of benzene rings is 1. The van der Waals surface area contributed by atoms with E-state index in [4.69, 9.17) is 9.84 Å². The molecule has 7 heteroatoms. The lowest BCUT2D eigenvalue weighted by Crippen LogP contribution is -2.19. The molecule has 25 heavy (non-hydrogen) atoms. The zero-order valence-electron chi connectivity index (χ0n) is 13.7. The molecule has 6 nitrogen and oxygen atoms in total. The SMILES string of the molecule is CCc1c(/C=C/c2ccc(OC)cc2)nc2sc(C(=O)O)cn2c1=O. The summed E-state index contributed by atoms with van der Waals surface area (Å²) in [5, 5.41) is 9.11. The average molecular weight is 356 g/mol. The maximum atomic E-state index is 12.6. The first-order valence-electron chi connectivity index (χ1n) is 7.64. The first kappa shape index (κ1) is 16.9. The van der Waals surface area contributed by atoms with Gasteiger partial charge in [-0.05, 0) is 30.2 Å². The van der Waals surface area contributed by atoms with Crippen LogP contribution in [0.5, 0.6) is 5.75 Å². The van der Waals surface area contributed by atoms with Gasteiger partial charge in [0.2, 0.25) is 0 Å². The van der Waals surface area contributed by atoms with Crippen LogP contribution in [-0.4, -0.2) is 27.6 Å². The van der Waals surface area contributed by atoms with Gasteiger partial charge >= 0.3 is 5.97 Å². The fraction of sp³-hybridized carbons (Fsp3) is 0.167. The van der Waals surface area contributed by atoms with Crippen molar-refractivity contribution >= 4 is 34.4 Å². The second-order valence-corrected chi connectivity index (χ2v) is 6.30. The van der Waals surface area contributed by atoms with Crippen LogP contribution in [0, 0.1) is 0 Å². The van der Waals surface area contributed by atoms with E-state index in [2.05, 4.69) is 4.98 Å². The Hall–Kier alpha value is -2.93. The van der Waals surface area contributed by atoms with Gasteiger partial charge in [-0.2, -0.15) is 0 Å². The molecule has 2 aromatic heterocycles. The average Bonchev–Trinajstić information content (AvgIpc) is 3.05. The summed E-state index contributed by atoms with van der Waals surface area (Å²) in [6.07, 6.45) is 5.48. The Morgan fingerprint density at radius 1 is 1.32 bits per heavy atom. The van der Waals surface area contributed by atoms with Crippen LogP contribution in [0.3, 0.4) is 0 Å². The van der Waals surface area contributed by atoms with Crippen LogP contribution in [0.15, 0.2) is 35.3 Å². The quantitative estimate of drug-likeness (QED) is 0.759. The van der Waals surface area contributed by atoms with Crippen molar-refractivity contribution in [2.75, 3.05) is 7.11 Å². The van der Waals surface area contributed by atoms with E-state index < -0.39 is 5.97 Å². The minimum absolute atomic E-state index is 0.0861. The number of aromatic nitrogens is 2. The van der Waals surface area contributed by atoms with Crippen molar-refractivity contribution in [1.82, 2.24) is 9.38 Å². The van der Waals surface area contributed by atoms with E-state index in [1.165, 1.54) is 10.6 Å². The Bertz CT molecular complexity index is 1020. The molecular weight excluding hydrogens is 340 g/mol. The van der Waals surface area contributed by atoms with Gasteiger partial charge in [-0.15, -0.1) is 0 Å². The number of rotatable bonds is 5. The van der Waals surface area contributed by atoms with Crippen LogP contribution in [0.1, 0.15) is 33.4 Å². The number of thiazole rings is 1. The van der Waals surface area contributed by atoms with Crippen LogP contribution in [0.2, 0.25) is 0 Å². The van der Waals surface area contributed by atoms with Crippen molar-refractivity contribution in [2.45, 2.75) is 13.3 Å². The molecule has 1 N–H and O–H groups in total. The topological polar surface area (TPSA) is 80.9 Å². The zero-order valence-corrected chi connectivity index (χ0v) is 14.5. The highest BCUT2D eigenvalue weighted by molar-refractivity contribution is 7.18.